The number of pyridine rings is 1. The van der Waals surface area contributed by atoms with Crippen LogP contribution in [0.25, 0.3) is 21.8 Å². The number of carbonyl (C=O) groups is 1. The second-order valence-electron chi connectivity index (χ2n) is 10.0. The number of hydrogen-bond donors (Lipinski definition) is 1. The first-order valence-corrected chi connectivity index (χ1v) is 12.8. The van der Waals surface area contributed by atoms with Crippen LogP contribution in [0.15, 0.2) is 43.2 Å². The van der Waals surface area contributed by atoms with Gasteiger partial charge in [0.1, 0.15) is 17.1 Å². The van der Waals surface area contributed by atoms with Crippen LogP contribution in [-0.2, 0) is 4.79 Å². The highest BCUT2D eigenvalue weighted by Gasteiger charge is 2.32. The number of hydrogen-bond acceptors (Lipinski definition) is 9. The fourth-order valence-electron chi connectivity index (χ4n) is 5.01. The SMILES string of the molecule is C=CC(=O)N1CCN(c2nc(N3CC(N(C)C)C3)nc3c(Oc4c(C)ccc5[nH]ncc45)nccc23)CC1. The van der Waals surface area contributed by atoms with Gasteiger partial charge in [-0.3, -0.25) is 9.89 Å². The lowest BCUT2D eigenvalue weighted by Crippen LogP contribution is -2.58. The molecule has 5 heterocycles. The van der Waals surface area contributed by atoms with Crippen molar-refractivity contribution in [1.82, 2.24) is 34.9 Å². The van der Waals surface area contributed by atoms with Crippen molar-refractivity contribution in [1.29, 1.82) is 0 Å². The Morgan fingerprint density at radius 2 is 1.89 bits per heavy atom. The lowest BCUT2D eigenvalue weighted by atomic mass is 10.1. The highest BCUT2D eigenvalue weighted by Crippen LogP contribution is 2.37. The molecule has 0 atom stereocenters. The third-order valence-electron chi connectivity index (χ3n) is 7.46. The molecule has 1 amide bonds. The Hall–Kier alpha value is -4.25. The average molecular weight is 514 g/mol. The van der Waals surface area contributed by atoms with Gasteiger partial charge in [0.25, 0.3) is 0 Å². The topological polar surface area (TPSA) is 107 Å². The molecule has 0 aliphatic carbocycles. The van der Waals surface area contributed by atoms with E-state index in [4.69, 9.17) is 14.7 Å². The lowest BCUT2D eigenvalue weighted by molar-refractivity contribution is -0.126. The minimum Gasteiger partial charge on any atom is -0.436 e. The Morgan fingerprint density at radius 1 is 1.11 bits per heavy atom. The predicted octanol–water partition coefficient (Wildman–Crippen LogP) is 2.59. The molecular weight excluding hydrogens is 482 g/mol. The molecule has 11 nitrogen and oxygen atoms in total. The Labute approximate surface area is 220 Å². The number of piperazine rings is 1. The highest BCUT2D eigenvalue weighted by molar-refractivity contribution is 5.94. The molecule has 196 valence electrons. The van der Waals surface area contributed by atoms with Crippen LogP contribution in [0.1, 0.15) is 5.56 Å². The van der Waals surface area contributed by atoms with E-state index in [1.165, 1.54) is 6.08 Å². The van der Waals surface area contributed by atoms with Crippen LogP contribution in [0.5, 0.6) is 11.6 Å². The summed E-state index contributed by atoms with van der Waals surface area (Å²) < 4.78 is 6.47. The van der Waals surface area contributed by atoms with Gasteiger partial charge in [0, 0.05) is 51.5 Å². The molecule has 2 aliphatic rings. The van der Waals surface area contributed by atoms with E-state index < -0.39 is 0 Å². The minimum absolute atomic E-state index is 0.0446. The van der Waals surface area contributed by atoms with Gasteiger partial charge in [0.05, 0.1) is 22.5 Å². The van der Waals surface area contributed by atoms with Crippen molar-refractivity contribution in [3.63, 3.8) is 0 Å². The summed E-state index contributed by atoms with van der Waals surface area (Å²) in [6, 6.07) is 6.38. The summed E-state index contributed by atoms with van der Waals surface area (Å²) in [4.78, 5) is 35.2. The number of amides is 1. The predicted molar refractivity (Wildman–Crippen MR) is 147 cm³/mol. The average Bonchev–Trinajstić information content (AvgIpc) is 3.38. The van der Waals surface area contributed by atoms with Gasteiger partial charge >= 0.3 is 0 Å². The summed E-state index contributed by atoms with van der Waals surface area (Å²) >= 11 is 0. The lowest BCUT2D eigenvalue weighted by Gasteiger charge is -2.43. The molecule has 38 heavy (non-hydrogen) atoms. The molecule has 4 aromatic rings. The summed E-state index contributed by atoms with van der Waals surface area (Å²) in [5.74, 6) is 2.57. The van der Waals surface area contributed by atoms with Crippen LogP contribution in [0.4, 0.5) is 11.8 Å². The van der Waals surface area contributed by atoms with Gasteiger partial charge in [0.2, 0.25) is 17.7 Å². The zero-order valence-corrected chi connectivity index (χ0v) is 21.9. The number of aromatic amines is 1. The Morgan fingerprint density at radius 3 is 2.63 bits per heavy atom. The van der Waals surface area contributed by atoms with E-state index in [1.807, 2.05) is 30.0 Å². The van der Waals surface area contributed by atoms with Crippen LogP contribution >= 0.6 is 0 Å². The summed E-state index contributed by atoms with van der Waals surface area (Å²) in [6.45, 7) is 9.87. The molecule has 1 N–H and O–H groups in total. The third-order valence-corrected chi connectivity index (χ3v) is 7.46. The number of nitrogens with zero attached hydrogens (tertiary/aromatic N) is 8. The minimum atomic E-state index is -0.0446. The van der Waals surface area contributed by atoms with Gasteiger partial charge in [-0.05, 0) is 44.8 Å². The fraction of sp³-hybridized carbons (Fsp3) is 0.370. The number of benzene rings is 1. The van der Waals surface area contributed by atoms with E-state index in [9.17, 15) is 4.79 Å². The van der Waals surface area contributed by atoms with Crippen LogP contribution < -0.4 is 14.5 Å². The molecule has 3 aromatic heterocycles. The number of nitrogens with one attached hydrogen (secondary N) is 1. The first-order chi connectivity index (χ1) is 18.4. The molecule has 0 spiro atoms. The number of aromatic nitrogens is 5. The molecule has 6 rings (SSSR count). The van der Waals surface area contributed by atoms with Gasteiger partial charge in [-0.2, -0.15) is 10.1 Å². The maximum Gasteiger partial charge on any atom is 0.246 e. The quantitative estimate of drug-likeness (QED) is 0.389. The smallest absolute Gasteiger partial charge is 0.246 e. The standard InChI is InChI=1S/C27H31N9O2/c1-5-22(37)34-10-12-35(13-11-34)25-19-8-9-28-26(38-24-17(2)6-7-21-20(24)14-29-32-21)23(19)30-27(31-25)36-15-18(16-36)33(3)4/h5-9,14,18H,1,10-13,15-16H2,2-4H3,(H,29,32). The summed E-state index contributed by atoms with van der Waals surface area (Å²) in [5, 5.41) is 8.94. The molecule has 11 heteroatoms. The van der Waals surface area contributed by atoms with E-state index >= 15 is 0 Å². The number of carbonyl (C=O) groups excluding carboxylic acids is 1. The molecular formula is C27H31N9O2. The number of likely N-dealkylation sites (N-methyl/N-ethyl adjacent to an activating group) is 1. The van der Waals surface area contributed by atoms with Gasteiger partial charge in [0.15, 0.2) is 0 Å². The van der Waals surface area contributed by atoms with Crippen molar-refractivity contribution in [3.05, 3.63) is 48.8 Å². The van der Waals surface area contributed by atoms with E-state index in [2.05, 4.69) is 50.6 Å². The van der Waals surface area contributed by atoms with Gasteiger partial charge in [-0.25, -0.2) is 9.97 Å². The van der Waals surface area contributed by atoms with Crippen molar-refractivity contribution in [3.8, 4) is 11.6 Å². The molecule has 1 aromatic carbocycles. The van der Waals surface area contributed by atoms with Crippen molar-refractivity contribution < 1.29 is 9.53 Å². The van der Waals surface area contributed by atoms with E-state index in [0.29, 0.717) is 55.3 Å². The van der Waals surface area contributed by atoms with Crippen LogP contribution in [-0.4, -0.2) is 100 Å². The Kier molecular flexibility index (Phi) is 6.07. The molecule has 0 bridgehead atoms. The molecule has 0 unspecified atom stereocenters. The van der Waals surface area contributed by atoms with E-state index in [-0.39, 0.29) is 5.91 Å². The first-order valence-electron chi connectivity index (χ1n) is 12.8. The summed E-state index contributed by atoms with van der Waals surface area (Å²) in [5.41, 5.74) is 2.53. The number of rotatable bonds is 6. The van der Waals surface area contributed by atoms with Crippen LogP contribution in [0.3, 0.4) is 0 Å². The largest absolute Gasteiger partial charge is 0.436 e. The first kappa shape index (κ1) is 24.1. The van der Waals surface area contributed by atoms with E-state index in [1.54, 1.807) is 12.4 Å². The number of aryl methyl sites for hydroxylation is 1. The Bertz CT molecular complexity index is 1520. The molecule has 0 radical (unpaired) electrons. The van der Waals surface area contributed by atoms with Crippen molar-refractivity contribution in [2.75, 3.05) is 63.2 Å². The molecule has 2 saturated heterocycles. The molecule has 2 fully saturated rings. The zero-order valence-electron chi connectivity index (χ0n) is 21.9. The molecule has 2 aliphatic heterocycles. The third kappa shape index (κ3) is 4.18. The normalized spacial score (nSPS) is 16.4. The maximum absolute atomic E-state index is 12.1. The number of anilines is 2. The Balaban J connectivity index is 1.42. The molecule has 0 saturated carbocycles. The number of H-pyrrole nitrogens is 1. The second-order valence-corrected chi connectivity index (χ2v) is 10.0. The summed E-state index contributed by atoms with van der Waals surface area (Å²) in [7, 11) is 4.18. The maximum atomic E-state index is 12.1. The highest BCUT2D eigenvalue weighted by atomic mass is 16.5. The van der Waals surface area contributed by atoms with Gasteiger partial charge in [-0.15, -0.1) is 0 Å². The van der Waals surface area contributed by atoms with E-state index in [0.717, 1.165) is 40.8 Å². The van der Waals surface area contributed by atoms with Crippen molar-refractivity contribution in [2.45, 2.75) is 13.0 Å². The van der Waals surface area contributed by atoms with Crippen molar-refractivity contribution in [2.24, 2.45) is 0 Å². The summed E-state index contributed by atoms with van der Waals surface area (Å²) in [6.07, 6.45) is 4.87. The van der Waals surface area contributed by atoms with Crippen LogP contribution in [0.2, 0.25) is 0 Å². The van der Waals surface area contributed by atoms with Gasteiger partial charge in [-0.1, -0.05) is 12.6 Å². The number of fused-ring (bicyclic) bond motifs is 2. The second kappa shape index (κ2) is 9.56. The van der Waals surface area contributed by atoms with Crippen molar-refractivity contribution >= 4 is 39.5 Å². The number of ether oxygens (including phenoxy) is 1. The zero-order chi connectivity index (χ0) is 26.4. The van der Waals surface area contributed by atoms with Crippen LogP contribution in [0, 0.1) is 6.92 Å². The van der Waals surface area contributed by atoms with Gasteiger partial charge < -0.3 is 24.3 Å². The fourth-order valence-corrected chi connectivity index (χ4v) is 5.01. The monoisotopic (exact) mass is 513 g/mol.